The van der Waals surface area contributed by atoms with Gasteiger partial charge >= 0.3 is 0 Å². The Morgan fingerprint density at radius 1 is 1.14 bits per heavy atom. The van der Waals surface area contributed by atoms with Crippen LogP contribution in [0.1, 0.15) is 57.4 Å². The highest BCUT2D eigenvalue weighted by atomic mass is 32.2. The molecule has 3 nitrogen and oxygen atoms in total. The zero-order chi connectivity index (χ0) is 16.4. The third kappa shape index (κ3) is 6.64. The molecule has 0 amide bonds. The Labute approximate surface area is 135 Å². The van der Waals surface area contributed by atoms with Gasteiger partial charge in [-0.15, -0.1) is 12.3 Å². The van der Waals surface area contributed by atoms with Crippen LogP contribution in [0, 0.1) is 19.3 Å². The monoisotopic (exact) mass is 321 g/mol. The van der Waals surface area contributed by atoms with Gasteiger partial charge in [0.2, 0.25) is 10.0 Å². The van der Waals surface area contributed by atoms with Crippen molar-refractivity contribution in [3.63, 3.8) is 0 Å². The van der Waals surface area contributed by atoms with E-state index in [4.69, 9.17) is 6.42 Å². The van der Waals surface area contributed by atoms with Crippen molar-refractivity contribution in [1.82, 2.24) is 4.72 Å². The summed E-state index contributed by atoms with van der Waals surface area (Å²) in [6.07, 6.45) is 12.4. The smallest absolute Gasteiger partial charge is 0.207 e. The number of hydrogen-bond acceptors (Lipinski definition) is 2. The molecule has 0 radical (unpaired) electrons. The molecule has 1 atom stereocenters. The lowest BCUT2D eigenvalue weighted by Crippen LogP contribution is -2.34. The van der Waals surface area contributed by atoms with Crippen LogP contribution in [0.4, 0.5) is 0 Å². The highest BCUT2D eigenvalue weighted by Crippen LogP contribution is 2.14. The van der Waals surface area contributed by atoms with Gasteiger partial charge in [-0.2, -0.15) is 0 Å². The van der Waals surface area contributed by atoms with E-state index in [9.17, 15) is 8.42 Å². The van der Waals surface area contributed by atoms with Crippen LogP contribution in [0.2, 0.25) is 0 Å². The molecule has 0 spiro atoms. The van der Waals surface area contributed by atoms with Crippen molar-refractivity contribution in [3.8, 4) is 12.3 Å². The fraction of sp³-hybridized carbons (Fsp3) is 0.556. The van der Waals surface area contributed by atoms with Crippen molar-refractivity contribution in [1.29, 1.82) is 0 Å². The third-order valence-corrected chi connectivity index (χ3v) is 5.21. The summed E-state index contributed by atoms with van der Waals surface area (Å²) in [5.41, 5.74) is 1.04. The zero-order valence-electron chi connectivity index (χ0n) is 13.6. The van der Waals surface area contributed by atoms with Gasteiger partial charge in [-0.05, 0) is 25.5 Å². The molecular formula is C18H27NO2S. The Morgan fingerprint density at radius 3 is 2.36 bits per heavy atom. The lowest BCUT2D eigenvalue weighted by atomic mass is 10.1. The van der Waals surface area contributed by atoms with Crippen molar-refractivity contribution in [3.05, 3.63) is 29.8 Å². The minimum Gasteiger partial charge on any atom is -0.207 e. The van der Waals surface area contributed by atoms with Crippen LogP contribution < -0.4 is 4.72 Å². The molecule has 0 aliphatic rings. The van der Waals surface area contributed by atoms with Crippen LogP contribution in [-0.4, -0.2) is 14.5 Å². The Morgan fingerprint density at radius 2 is 1.77 bits per heavy atom. The molecule has 122 valence electrons. The Bertz CT molecular complexity index is 570. The molecule has 0 heterocycles. The highest BCUT2D eigenvalue weighted by Gasteiger charge is 2.19. The van der Waals surface area contributed by atoms with Crippen molar-refractivity contribution in [2.75, 3.05) is 0 Å². The molecule has 0 fully saturated rings. The summed E-state index contributed by atoms with van der Waals surface area (Å²) in [5, 5.41) is 0. The fourth-order valence-electron chi connectivity index (χ4n) is 2.34. The van der Waals surface area contributed by atoms with Gasteiger partial charge in [-0.25, -0.2) is 13.1 Å². The average Bonchev–Trinajstić information content (AvgIpc) is 2.47. The first-order valence-electron chi connectivity index (χ1n) is 8.02. The number of terminal acetylenes is 1. The van der Waals surface area contributed by atoms with E-state index in [1.54, 1.807) is 24.3 Å². The third-order valence-electron chi connectivity index (χ3n) is 3.67. The lowest BCUT2D eigenvalue weighted by Gasteiger charge is -2.16. The highest BCUT2D eigenvalue weighted by molar-refractivity contribution is 7.89. The van der Waals surface area contributed by atoms with E-state index in [1.165, 1.54) is 19.3 Å². The molecule has 0 aliphatic heterocycles. The molecule has 0 aliphatic carbocycles. The fourth-order valence-corrected chi connectivity index (χ4v) is 3.61. The van der Waals surface area contributed by atoms with Crippen LogP contribution in [0.5, 0.6) is 0 Å². The zero-order valence-corrected chi connectivity index (χ0v) is 14.5. The molecule has 0 aromatic heterocycles. The number of nitrogens with one attached hydrogen (secondary N) is 1. The molecule has 22 heavy (non-hydrogen) atoms. The largest absolute Gasteiger partial charge is 0.240 e. The van der Waals surface area contributed by atoms with E-state index in [0.717, 1.165) is 24.8 Å². The molecule has 4 heteroatoms. The molecule has 0 bridgehead atoms. The van der Waals surface area contributed by atoms with Gasteiger partial charge in [-0.3, -0.25) is 0 Å². The normalized spacial score (nSPS) is 12.8. The van der Waals surface area contributed by atoms with E-state index >= 15 is 0 Å². The van der Waals surface area contributed by atoms with Crippen LogP contribution in [0.25, 0.3) is 0 Å². The van der Waals surface area contributed by atoms with E-state index in [-0.39, 0.29) is 6.04 Å². The maximum Gasteiger partial charge on any atom is 0.240 e. The molecular weight excluding hydrogens is 294 g/mol. The van der Waals surface area contributed by atoms with Gasteiger partial charge in [-0.1, -0.05) is 56.7 Å². The second kappa shape index (κ2) is 9.66. The first kappa shape index (κ1) is 18.7. The number of benzene rings is 1. The maximum absolute atomic E-state index is 12.4. The van der Waals surface area contributed by atoms with Gasteiger partial charge in [0.15, 0.2) is 0 Å². The van der Waals surface area contributed by atoms with Crippen molar-refractivity contribution in [2.45, 2.75) is 69.7 Å². The van der Waals surface area contributed by atoms with Gasteiger partial charge < -0.3 is 0 Å². The van der Waals surface area contributed by atoms with E-state index in [2.05, 4.69) is 17.6 Å². The van der Waals surface area contributed by atoms with Crippen molar-refractivity contribution < 1.29 is 8.42 Å². The Balaban J connectivity index is 2.61. The first-order chi connectivity index (χ1) is 10.5. The summed E-state index contributed by atoms with van der Waals surface area (Å²) in [6.45, 7) is 4.11. The minimum absolute atomic E-state index is 0.182. The standard InChI is InChI=1S/C18H27NO2S/c1-4-6-7-8-9-11-17(10-5-2)19-22(20,21)18-14-12-16(3)13-15-18/h2,12-15,17,19H,4,6-11H2,1,3H3/t17-/m1/s1. The summed E-state index contributed by atoms with van der Waals surface area (Å²) in [5.74, 6) is 2.58. The Kier molecular flexibility index (Phi) is 8.22. The van der Waals surface area contributed by atoms with Crippen molar-refractivity contribution >= 4 is 10.0 Å². The number of sulfonamides is 1. The van der Waals surface area contributed by atoms with Gasteiger partial charge in [0.25, 0.3) is 0 Å². The minimum atomic E-state index is -3.49. The van der Waals surface area contributed by atoms with Gasteiger partial charge in [0, 0.05) is 12.5 Å². The summed E-state index contributed by atoms with van der Waals surface area (Å²) < 4.78 is 27.5. The molecule has 1 aromatic carbocycles. The molecule has 1 aromatic rings. The number of rotatable bonds is 10. The SMILES string of the molecule is C#CC[C@H](CCCCCCC)NS(=O)(=O)c1ccc(C)cc1. The first-order valence-corrected chi connectivity index (χ1v) is 9.50. The van der Waals surface area contributed by atoms with E-state index < -0.39 is 10.0 Å². The summed E-state index contributed by atoms with van der Waals surface area (Å²) in [6, 6.07) is 6.68. The van der Waals surface area contributed by atoms with Crippen LogP contribution >= 0.6 is 0 Å². The molecule has 1 rings (SSSR count). The van der Waals surface area contributed by atoms with E-state index in [0.29, 0.717) is 11.3 Å². The number of unbranched alkanes of at least 4 members (excludes halogenated alkanes) is 4. The van der Waals surface area contributed by atoms with Crippen LogP contribution in [-0.2, 0) is 10.0 Å². The quantitative estimate of drug-likeness (QED) is 0.522. The molecule has 0 unspecified atom stereocenters. The number of aryl methyl sites for hydroxylation is 1. The van der Waals surface area contributed by atoms with Gasteiger partial charge in [0.1, 0.15) is 0 Å². The molecule has 0 saturated carbocycles. The second-order valence-electron chi connectivity index (χ2n) is 5.74. The summed E-state index contributed by atoms with van der Waals surface area (Å²) in [4.78, 5) is 0.297. The second-order valence-corrected chi connectivity index (χ2v) is 7.46. The van der Waals surface area contributed by atoms with E-state index in [1.807, 2.05) is 6.92 Å². The average molecular weight is 321 g/mol. The summed E-state index contributed by atoms with van der Waals surface area (Å²) in [7, 11) is -3.49. The van der Waals surface area contributed by atoms with Crippen LogP contribution in [0.15, 0.2) is 29.2 Å². The summed E-state index contributed by atoms with van der Waals surface area (Å²) >= 11 is 0. The van der Waals surface area contributed by atoms with Crippen LogP contribution in [0.3, 0.4) is 0 Å². The predicted octanol–water partition coefficient (Wildman–Crippen LogP) is 4.03. The molecule has 0 saturated heterocycles. The predicted molar refractivity (Wildman–Crippen MR) is 92.1 cm³/mol. The Hall–Kier alpha value is -1.31. The maximum atomic E-state index is 12.4. The van der Waals surface area contributed by atoms with Gasteiger partial charge in [0.05, 0.1) is 4.90 Å². The lowest BCUT2D eigenvalue weighted by molar-refractivity contribution is 0.502. The number of hydrogen-bond donors (Lipinski definition) is 1. The van der Waals surface area contributed by atoms with Crippen molar-refractivity contribution in [2.24, 2.45) is 0 Å². The topological polar surface area (TPSA) is 46.2 Å². The molecule has 1 N–H and O–H groups in total.